The standard InChI is InChI=1S/C18H22N2O3S/c1-4-5-17(16-11-8-14(3)12-18(16)21)19-20-24(22,23)15-9-6-13(2)7-10-15/h6-12,20-21H,4-5H2,1-3H3/b19-17+. The number of phenolic OH excluding ortho intramolecular Hbond substituents is 1. The van der Waals surface area contributed by atoms with Gasteiger partial charge in [0.2, 0.25) is 0 Å². The van der Waals surface area contributed by atoms with E-state index >= 15 is 0 Å². The first-order chi connectivity index (χ1) is 11.3. The van der Waals surface area contributed by atoms with Crippen molar-refractivity contribution in [2.45, 2.75) is 38.5 Å². The van der Waals surface area contributed by atoms with Gasteiger partial charge in [-0.15, -0.1) is 0 Å². The minimum atomic E-state index is -3.74. The molecule has 2 rings (SSSR count). The van der Waals surface area contributed by atoms with E-state index < -0.39 is 10.0 Å². The molecule has 2 N–H and O–H groups in total. The van der Waals surface area contributed by atoms with Gasteiger partial charge in [-0.25, -0.2) is 0 Å². The number of sulfonamides is 1. The van der Waals surface area contributed by atoms with E-state index in [1.807, 2.05) is 26.8 Å². The van der Waals surface area contributed by atoms with Crippen molar-refractivity contribution in [1.82, 2.24) is 4.83 Å². The average molecular weight is 346 g/mol. The summed E-state index contributed by atoms with van der Waals surface area (Å²) in [4.78, 5) is 2.42. The topological polar surface area (TPSA) is 78.8 Å². The molecule has 0 aliphatic heterocycles. The zero-order valence-electron chi connectivity index (χ0n) is 14.1. The molecule has 0 radical (unpaired) electrons. The van der Waals surface area contributed by atoms with Crippen LogP contribution in [0.4, 0.5) is 0 Å². The maximum absolute atomic E-state index is 12.3. The van der Waals surface area contributed by atoms with Crippen molar-refractivity contribution in [3.8, 4) is 5.75 Å². The molecule has 5 nitrogen and oxygen atoms in total. The van der Waals surface area contributed by atoms with Crippen LogP contribution in [0, 0.1) is 13.8 Å². The zero-order chi connectivity index (χ0) is 17.7. The van der Waals surface area contributed by atoms with E-state index in [1.54, 1.807) is 24.3 Å². The van der Waals surface area contributed by atoms with Crippen LogP contribution in [0.15, 0.2) is 52.5 Å². The highest BCUT2D eigenvalue weighted by Gasteiger charge is 2.14. The fourth-order valence-electron chi connectivity index (χ4n) is 2.26. The number of hydrazone groups is 1. The molecule has 24 heavy (non-hydrogen) atoms. The maximum atomic E-state index is 12.3. The van der Waals surface area contributed by atoms with Crippen LogP contribution in [-0.4, -0.2) is 19.2 Å². The van der Waals surface area contributed by atoms with E-state index in [-0.39, 0.29) is 10.6 Å². The molecule has 0 fully saturated rings. The average Bonchev–Trinajstić information content (AvgIpc) is 2.52. The first kappa shape index (κ1) is 18.0. The van der Waals surface area contributed by atoms with Crippen molar-refractivity contribution in [2.75, 3.05) is 0 Å². The van der Waals surface area contributed by atoms with Gasteiger partial charge in [-0.2, -0.15) is 18.4 Å². The molecule has 0 aliphatic rings. The molecule has 0 atom stereocenters. The Labute approximate surface area is 143 Å². The molecule has 0 bridgehead atoms. The largest absolute Gasteiger partial charge is 0.507 e. The minimum Gasteiger partial charge on any atom is -0.507 e. The van der Waals surface area contributed by atoms with Crippen molar-refractivity contribution >= 4 is 15.7 Å². The Balaban J connectivity index is 2.32. The number of nitrogens with one attached hydrogen (secondary N) is 1. The smallest absolute Gasteiger partial charge is 0.276 e. The van der Waals surface area contributed by atoms with E-state index in [0.29, 0.717) is 17.7 Å². The summed E-state index contributed by atoms with van der Waals surface area (Å²) in [6, 6.07) is 11.8. The van der Waals surface area contributed by atoms with Gasteiger partial charge in [-0.05, 0) is 50.1 Å². The third-order valence-corrected chi connectivity index (χ3v) is 4.81. The number of aryl methyl sites for hydroxylation is 2. The number of benzene rings is 2. The molecule has 0 spiro atoms. The summed E-state index contributed by atoms with van der Waals surface area (Å²) in [7, 11) is -3.74. The Bertz CT molecular complexity index is 841. The Hall–Kier alpha value is -2.34. The van der Waals surface area contributed by atoms with Crippen molar-refractivity contribution in [1.29, 1.82) is 0 Å². The normalized spacial score (nSPS) is 12.2. The Morgan fingerprint density at radius 1 is 1.08 bits per heavy atom. The molecule has 6 heteroatoms. The second kappa shape index (κ2) is 7.49. The fraction of sp³-hybridized carbons (Fsp3) is 0.278. The van der Waals surface area contributed by atoms with Crippen LogP contribution in [0.5, 0.6) is 5.75 Å². The summed E-state index contributed by atoms with van der Waals surface area (Å²) in [6.45, 7) is 5.73. The molecule has 0 unspecified atom stereocenters. The molecular formula is C18H22N2O3S. The lowest BCUT2D eigenvalue weighted by molar-refractivity contribution is 0.473. The molecule has 0 aromatic heterocycles. The molecule has 2 aromatic rings. The summed E-state index contributed by atoms with van der Waals surface area (Å²) in [5.41, 5.74) is 2.95. The van der Waals surface area contributed by atoms with Gasteiger partial charge in [0.15, 0.2) is 0 Å². The Morgan fingerprint density at radius 2 is 1.71 bits per heavy atom. The fourth-order valence-corrected chi connectivity index (χ4v) is 3.09. The Morgan fingerprint density at radius 3 is 2.29 bits per heavy atom. The number of hydrogen-bond donors (Lipinski definition) is 2. The van der Waals surface area contributed by atoms with Gasteiger partial charge in [0.05, 0.1) is 10.6 Å². The van der Waals surface area contributed by atoms with Crippen LogP contribution in [0.2, 0.25) is 0 Å². The van der Waals surface area contributed by atoms with Crippen LogP contribution in [0.25, 0.3) is 0 Å². The van der Waals surface area contributed by atoms with Crippen LogP contribution < -0.4 is 4.83 Å². The summed E-state index contributed by atoms with van der Waals surface area (Å²) < 4.78 is 24.7. The monoisotopic (exact) mass is 346 g/mol. The summed E-state index contributed by atoms with van der Waals surface area (Å²) in [5, 5.41) is 14.2. The number of hydrogen-bond acceptors (Lipinski definition) is 4. The van der Waals surface area contributed by atoms with Crippen LogP contribution in [-0.2, 0) is 10.0 Å². The van der Waals surface area contributed by atoms with Crippen LogP contribution in [0.3, 0.4) is 0 Å². The predicted molar refractivity (Wildman–Crippen MR) is 95.8 cm³/mol. The van der Waals surface area contributed by atoms with Crippen molar-refractivity contribution in [3.05, 3.63) is 59.2 Å². The number of nitrogens with zero attached hydrogens (tertiary/aromatic N) is 1. The van der Waals surface area contributed by atoms with Gasteiger partial charge in [-0.1, -0.05) is 37.1 Å². The van der Waals surface area contributed by atoms with E-state index in [2.05, 4.69) is 9.93 Å². The van der Waals surface area contributed by atoms with Gasteiger partial charge in [0.25, 0.3) is 10.0 Å². The van der Waals surface area contributed by atoms with Crippen molar-refractivity contribution < 1.29 is 13.5 Å². The second-order valence-corrected chi connectivity index (χ2v) is 7.40. The first-order valence-corrected chi connectivity index (χ1v) is 9.27. The van der Waals surface area contributed by atoms with Crippen molar-refractivity contribution in [3.63, 3.8) is 0 Å². The molecule has 0 heterocycles. The number of aromatic hydroxyl groups is 1. The summed E-state index contributed by atoms with van der Waals surface area (Å²) in [6.07, 6.45) is 1.32. The molecule has 0 saturated carbocycles. The van der Waals surface area contributed by atoms with Crippen LogP contribution in [0.1, 0.15) is 36.5 Å². The molecule has 0 saturated heterocycles. The maximum Gasteiger partial charge on any atom is 0.276 e. The van der Waals surface area contributed by atoms with Gasteiger partial charge in [0.1, 0.15) is 5.75 Å². The second-order valence-electron chi connectivity index (χ2n) is 5.74. The molecular weight excluding hydrogens is 324 g/mol. The third-order valence-electron chi connectivity index (χ3n) is 3.58. The van der Waals surface area contributed by atoms with Gasteiger partial charge in [0, 0.05) is 5.56 Å². The number of phenols is 1. The van der Waals surface area contributed by atoms with E-state index in [0.717, 1.165) is 17.5 Å². The zero-order valence-corrected chi connectivity index (χ0v) is 14.9. The quantitative estimate of drug-likeness (QED) is 0.621. The van der Waals surface area contributed by atoms with Crippen molar-refractivity contribution in [2.24, 2.45) is 5.10 Å². The predicted octanol–water partition coefficient (Wildman–Crippen LogP) is 3.49. The number of rotatable bonds is 6. The molecule has 128 valence electrons. The SMILES string of the molecule is CCC/C(=N\NS(=O)(=O)c1ccc(C)cc1)c1ccc(C)cc1O. The minimum absolute atomic E-state index is 0.0942. The molecule has 2 aromatic carbocycles. The molecule has 0 aliphatic carbocycles. The lowest BCUT2D eigenvalue weighted by Crippen LogP contribution is -2.20. The van der Waals surface area contributed by atoms with Crippen LogP contribution >= 0.6 is 0 Å². The summed E-state index contributed by atoms with van der Waals surface area (Å²) in [5.74, 6) is 0.0942. The highest BCUT2D eigenvalue weighted by atomic mass is 32.2. The van der Waals surface area contributed by atoms with E-state index in [1.165, 1.54) is 12.1 Å². The highest BCUT2D eigenvalue weighted by Crippen LogP contribution is 2.21. The Kier molecular flexibility index (Phi) is 5.62. The molecule has 0 amide bonds. The van der Waals surface area contributed by atoms with Gasteiger partial charge >= 0.3 is 0 Å². The highest BCUT2D eigenvalue weighted by molar-refractivity contribution is 7.89. The van der Waals surface area contributed by atoms with E-state index in [4.69, 9.17) is 0 Å². The third kappa shape index (κ3) is 4.35. The lowest BCUT2D eigenvalue weighted by atomic mass is 10.0. The van der Waals surface area contributed by atoms with Gasteiger partial charge in [-0.3, -0.25) is 0 Å². The summed E-state index contributed by atoms with van der Waals surface area (Å²) >= 11 is 0. The van der Waals surface area contributed by atoms with E-state index in [9.17, 15) is 13.5 Å². The lowest BCUT2D eigenvalue weighted by Gasteiger charge is -2.10. The first-order valence-electron chi connectivity index (χ1n) is 7.78. The van der Waals surface area contributed by atoms with Gasteiger partial charge < -0.3 is 5.11 Å².